The van der Waals surface area contributed by atoms with Crippen molar-refractivity contribution in [2.45, 2.75) is 6.54 Å². The fourth-order valence-corrected chi connectivity index (χ4v) is 4.18. The molecule has 1 saturated heterocycles. The van der Waals surface area contributed by atoms with Crippen molar-refractivity contribution >= 4 is 17.3 Å². The first kappa shape index (κ1) is 23.4. The zero-order valence-electron chi connectivity index (χ0n) is 19.9. The van der Waals surface area contributed by atoms with E-state index in [9.17, 15) is 4.79 Å². The molecule has 0 atom stereocenters. The highest BCUT2D eigenvalue weighted by Crippen LogP contribution is 2.38. The number of methoxy groups -OCH3 is 3. The predicted octanol–water partition coefficient (Wildman–Crippen LogP) is 4.29. The lowest BCUT2D eigenvalue weighted by Crippen LogP contribution is -2.45. The molecule has 0 bridgehead atoms. The van der Waals surface area contributed by atoms with Crippen LogP contribution in [-0.2, 0) is 6.54 Å². The number of ether oxygens (including phenoxy) is 3. The summed E-state index contributed by atoms with van der Waals surface area (Å²) in [6, 6.07) is 21.8. The molecule has 0 unspecified atom stereocenters. The van der Waals surface area contributed by atoms with Crippen LogP contribution < -0.4 is 24.4 Å². The molecule has 1 amide bonds. The van der Waals surface area contributed by atoms with E-state index in [1.807, 2.05) is 12.1 Å². The van der Waals surface area contributed by atoms with Crippen LogP contribution in [0.15, 0.2) is 66.7 Å². The smallest absolute Gasteiger partial charge is 0.255 e. The van der Waals surface area contributed by atoms with E-state index in [1.165, 1.54) is 26.9 Å². The van der Waals surface area contributed by atoms with E-state index in [2.05, 4.69) is 57.6 Å². The number of carbonyl (C=O) groups is 1. The van der Waals surface area contributed by atoms with Crippen LogP contribution in [0.5, 0.6) is 17.2 Å². The van der Waals surface area contributed by atoms with Gasteiger partial charge in [0.25, 0.3) is 5.91 Å². The number of amides is 1. The Balaban J connectivity index is 1.36. The lowest BCUT2D eigenvalue weighted by molar-refractivity contribution is 0.102. The van der Waals surface area contributed by atoms with Crippen LogP contribution in [0, 0.1) is 0 Å². The highest BCUT2D eigenvalue weighted by molar-refractivity contribution is 6.05. The summed E-state index contributed by atoms with van der Waals surface area (Å²) in [6.45, 7) is 4.98. The molecule has 1 heterocycles. The van der Waals surface area contributed by atoms with Crippen LogP contribution in [0.2, 0.25) is 0 Å². The van der Waals surface area contributed by atoms with E-state index in [1.54, 1.807) is 12.1 Å². The molecule has 1 N–H and O–H groups in total. The van der Waals surface area contributed by atoms with Gasteiger partial charge in [-0.05, 0) is 42.0 Å². The molecule has 7 heteroatoms. The maximum absolute atomic E-state index is 12.8. The lowest BCUT2D eigenvalue weighted by Gasteiger charge is -2.36. The van der Waals surface area contributed by atoms with E-state index < -0.39 is 0 Å². The molecule has 178 valence electrons. The molecule has 0 aromatic heterocycles. The van der Waals surface area contributed by atoms with Gasteiger partial charge in [-0.3, -0.25) is 9.69 Å². The monoisotopic (exact) mass is 461 g/mol. The predicted molar refractivity (Wildman–Crippen MR) is 134 cm³/mol. The number of nitrogens with one attached hydrogen (secondary N) is 1. The minimum atomic E-state index is -0.249. The number of anilines is 2. The fourth-order valence-electron chi connectivity index (χ4n) is 4.18. The van der Waals surface area contributed by atoms with Gasteiger partial charge in [0, 0.05) is 49.7 Å². The Morgan fingerprint density at radius 3 is 2.00 bits per heavy atom. The van der Waals surface area contributed by atoms with Gasteiger partial charge in [-0.15, -0.1) is 0 Å². The van der Waals surface area contributed by atoms with Gasteiger partial charge < -0.3 is 24.4 Å². The summed E-state index contributed by atoms with van der Waals surface area (Å²) in [5.74, 6) is 1.08. The molecule has 1 aliphatic heterocycles. The topological polar surface area (TPSA) is 63.3 Å². The zero-order valence-corrected chi connectivity index (χ0v) is 19.9. The SMILES string of the molecule is COc1cc(C(=O)Nc2ccc(N3CCN(Cc4ccccc4)CC3)cc2)cc(OC)c1OC. The summed E-state index contributed by atoms with van der Waals surface area (Å²) in [5.41, 5.74) is 3.66. The Morgan fingerprint density at radius 1 is 0.824 bits per heavy atom. The van der Waals surface area contributed by atoms with Crippen molar-refractivity contribution in [2.75, 3.05) is 57.7 Å². The quantitative estimate of drug-likeness (QED) is 0.540. The number of hydrogen-bond acceptors (Lipinski definition) is 6. The van der Waals surface area contributed by atoms with Gasteiger partial charge in [0.1, 0.15) is 0 Å². The maximum Gasteiger partial charge on any atom is 0.255 e. The fraction of sp³-hybridized carbons (Fsp3) is 0.296. The van der Waals surface area contributed by atoms with Gasteiger partial charge in [-0.2, -0.15) is 0 Å². The minimum Gasteiger partial charge on any atom is -0.493 e. The van der Waals surface area contributed by atoms with Crippen molar-refractivity contribution in [3.8, 4) is 17.2 Å². The van der Waals surface area contributed by atoms with E-state index in [0.29, 0.717) is 22.8 Å². The van der Waals surface area contributed by atoms with Crippen molar-refractivity contribution in [3.63, 3.8) is 0 Å². The molecule has 0 aliphatic carbocycles. The Labute approximate surface area is 200 Å². The summed E-state index contributed by atoms with van der Waals surface area (Å²) in [7, 11) is 4.59. The van der Waals surface area contributed by atoms with Gasteiger partial charge in [0.05, 0.1) is 21.3 Å². The van der Waals surface area contributed by atoms with Crippen LogP contribution in [0.3, 0.4) is 0 Å². The van der Waals surface area contributed by atoms with E-state index >= 15 is 0 Å². The first-order chi connectivity index (χ1) is 16.6. The van der Waals surface area contributed by atoms with Crippen molar-refractivity contribution < 1.29 is 19.0 Å². The van der Waals surface area contributed by atoms with Crippen LogP contribution in [0.25, 0.3) is 0 Å². The normalized spacial score (nSPS) is 13.9. The van der Waals surface area contributed by atoms with E-state index in [4.69, 9.17) is 14.2 Å². The first-order valence-electron chi connectivity index (χ1n) is 11.3. The third-order valence-corrected chi connectivity index (χ3v) is 6.04. The Morgan fingerprint density at radius 2 is 1.44 bits per heavy atom. The molecule has 0 radical (unpaired) electrons. The van der Waals surface area contributed by atoms with Gasteiger partial charge in [-0.25, -0.2) is 0 Å². The molecule has 34 heavy (non-hydrogen) atoms. The Kier molecular flexibility index (Phi) is 7.54. The van der Waals surface area contributed by atoms with Crippen molar-refractivity contribution in [1.82, 2.24) is 4.90 Å². The minimum absolute atomic E-state index is 0.249. The van der Waals surface area contributed by atoms with Crippen LogP contribution >= 0.6 is 0 Å². The lowest BCUT2D eigenvalue weighted by atomic mass is 10.1. The van der Waals surface area contributed by atoms with Gasteiger partial charge in [0.15, 0.2) is 11.5 Å². The molecule has 1 fully saturated rings. The average Bonchev–Trinajstić information content (AvgIpc) is 2.89. The second-order valence-electron chi connectivity index (χ2n) is 8.16. The van der Waals surface area contributed by atoms with Crippen molar-refractivity contribution in [3.05, 3.63) is 77.9 Å². The van der Waals surface area contributed by atoms with Crippen LogP contribution in [0.1, 0.15) is 15.9 Å². The molecule has 0 saturated carbocycles. The third-order valence-electron chi connectivity index (χ3n) is 6.04. The number of hydrogen-bond donors (Lipinski definition) is 1. The molecule has 3 aromatic carbocycles. The molecular formula is C27H31N3O4. The second kappa shape index (κ2) is 10.9. The molecule has 1 aliphatic rings. The Hall–Kier alpha value is -3.71. The van der Waals surface area contributed by atoms with Gasteiger partial charge in [-0.1, -0.05) is 30.3 Å². The van der Waals surface area contributed by atoms with Crippen LogP contribution in [-0.4, -0.2) is 58.3 Å². The third kappa shape index (κ3) is 5.43. The molecule has 4 rings (SSSR count). The molecular weight excluding hydrogens is 430 g/mol. The first-order valence-corrected chi connectivity index (χ1v) is 11.3. The summed E-state index contributed by atoms with van der Waals surface area (Å²) in [4.78, 5) is 17.7. The molecule has 7 nitrogen and oxygen atoms in total. The van der Waals surface area contributed by atoms with E-state index in [0.717, 1.165) is 44.1 Å². The standard InChI is InChI=1S/C27H31N3O4/c1-32-24-17-21(18-25(33-2)26(24)34-3)27(31)28-22-9-11-23(12-10-22)30-15-13-29(14-16-30)19-20-7-5-4-6-8-20/h4-12,17-18H,13-16,19H2,1-3H3,(H,28,31). The number of carbonyl (C=O) groups excluding carboxylic acids is 1. The van der Waals surface area contributed by atoms with Crippen molar-refractivity contribution in [1.29, 1.82) is 0 Å². The summed E-state index contributed by atoms with van der Waals surface area (Å²) >= 11 is 0. The van der Waals surface area contributed by atoms with Gasteiger partial charge in [0.2, 0.25) is 5.75 Å². The summed E-state index contributed by atoms with van der Waals surface area (Å²) in [5, 5.41) is 2.95. The number of benzene rings is 3. The Bertz CT molecular complexity index is 1070. The summed E-state index contributed by atoms with van der Waals surface area (Å²) < 4.78 is 16.0. The second-order valence-corrected chi connectivity index (χ2v) is 8.16. The average molecular weight is 462 g/mol. The summed E-state index contributed by atoms with van der Waals surface area (Å²) in [6.07, 6.45) is 0. The van der Waals surface area contributed by atoms with Gasteiger partial charge >= 0.3 is 0 Å². The maximum atomic E-state index is 12.8. The number of rotatable bonds is 8. The number of nitrogens with zero attached hydrogens (tertiary/aromatic N) is 2. The highest BCUT2D eigenvalue weighted by Gasteiger charge is 2.19. The highest BCUT2D eigenvalue weighted by atomic mass is 16.5. The largest absolute Gasteiger partial charge is 0.493 e. The van der Waals surface area contributed by atoms with E-state index in [-0.39, 0.29) is 5.91 Å². The number of piperazine rings is 1. The zero-order chi connectivity index (χ0) is 23.9. The molecule has 0 spiro atoms. The van der Waals surface area contributed by atoms with Crippen LogP contribution in [0.4, 0.5) is 11.4 Å². The molecule has 3 aromatic rings. The van der Waals surface area contributed by atoms with Crippen molar-refractivity contribution in [2.24, 2.45) is 0 Å².